The molecule has 0 aromatic heterocycles. The first kappa shape index (κ1) is 12.7. The van der Waals surface area contributed by atoms with Crippen molar-refractivity contribution in [1.29, 1.82) is 0 Å². The van der Waals surface area contributed by atoms with E-state index in [0.717, 1.165) is 12.8 Å². The molecule has 1 fully saturated rings. The molecule has 1 aliphatic rings. The lowest BCUT2D eigenvalue weighted by atomic mass is 9.82. The summed E-state index contributed by atoms with van der Waals surface area (Å²) in [4.78, 5) is 22.7. The van der Waals surface area contributed by atoms with Gasteiger partial charge in [-0.1, -0.05) is 35.2 Å². The van der Waals surface area contributed by atoms with Gasteiger partial charge in [0.15, 0.2) is 5.78 Å². The molecule has 0 aromatic carbocycles. The molecule has 3 nitrogen and oxygen atoms in total. The Morgan fingerprint density at radius 1 is 1.33 bits per heavy atom. The highest BCUT2D eigenvalue weighted by Crippen LogP contribution is 2.27. The lowest BCUT2D eigenvalue weighted by Gasteiger charge is -2.29. The second-order valence-corrected chi connectivity index (χ2v) is 4.74. The number of halogens is 1. The van der Waals surface area contributed by atoms with Crippen molar-refractivity contribution in [2.45, 2.75) is 45.1 Å². The number of alkyl halides is 1. The minimum absolute atomic E-state index is 0.0945. The van der Waals surface area contributed by atoms with Crippen molar-refractivity contribution in [3.8, 4) is 0 Å². The quantitative estimate of drug-likeness (QED) is 0.799. The smallest absolute Gasteiger partial charge is 0.217 e. The summed E-state index contributed by atoms with van der Waals surface area (Å²) >= 11 is 3.17. The second kappa shape index (κ2) is 6.26. The van der Waals surface area contributed by atoms with Crippen LogP contribution in [0.5, 0.6) is 0 Å². The predicted octanol–water partition coefficient (Wildman–Crippen LogP) is 2.04. The molecule has 4 heteroatoms. The van der Waals surface area contributed by atoms with Gasteiger partial charge < -0.3 is 5.32 Å². The monoisotopic (exact) mass is 275 g/mol. The molecular formula is C11H18BrNO2. The van der Waals surface area contributed by atoms with E-state index in [4.69, 9.17) is 0 Å². The fourth-order valence-corrected chi connectivity index (χ4v) is 2.58. The Balaban J connectivity index is 2.60. The van der Waals surface area contributed by atoms with Crippen molar-refractivity contribution in [2.24, 2.45) is 5.92 Å². The first-order chi connectivity index (χ1) is 7.15. The molecule has 1 unspecified atom stereocenters. The van der Waals surface area contributed by atoms with Gasteiger partial charge in [-0.2, -0.15) is 0 Å². The molecule has 0 aliphatic heterocycles. The minimum atomic E-state index is -0.276. The third kappa shape index (κ3) is 3.93. The molecule has 15 heavy (non-hydrogen) atoms. The molecule has 86 valence electrons. The van der Waals surface area contributed by atoms with Crippen LogP contribution in [0.15, 0.2) is 0 Å². The first-order valence-corrected chi connectivity index (χ1v) is 6.63. The van der Waals surface area contributed by atoms with Gasteiger partial charge in [-0.05, 0) is 18.8 Å². The van der Waals surface area contributed by atoms with Crippen LogP contribution >= 0.6 is 15.9 Å². The molecule has 1 amide bonds. The molecule has 0 aromatic rings. The molecule has 1 atom stereocenters. The zero-order valence-corrected chi connectivity index (χ0v) is 10.7. The third-order valence-corrected chi connectivity index (χ3v) is 3.51. The molecule has 0 spiro atoms. The maximum Gasteiger partial charge on any atom is 0.217 e. The number of amides is 1. The second-order valence-electron chi connectivity index (χ2n) is 4.18. The van der Waals surface area contributed by atoms with Crippen LogP contribution in [0.2, 0.25) is 0 Å². The van der Waals surface area contributed by atoms with Crippen LogP contribution in [0, 0.1) is 5.92 Å². The van der Waals surface area contributed by atoms with Crippen LogP contribution in [0.4, 0.5) is 0 Å². The van der Waals surface area contributed by atoms with Crippen LogP contribution < -0.4 is 5.32 Å². The van der Waals surface area contributed by atoms with Gasteiger partial charge in [0, 0.05) is 6.92 Å². The molecule has 0 radical (unpaired) electrons. The molecule has 0 saturated heterocycles. The normalized spacial score (nSPS) is 19.6. The summed E-state index contributed by atoms with van der Waals surface area (Å²) in [5.74, 6) is 0.324. The van der Waals surface area contributed by atoms with Gasteiger partial charge in [0.2, 0.25) is 5.91 Å². The van der Waals surface area contributed by atoms with Crippen molar-refractivity contribution in [1.82, 2.24) is 5.32 Å². The molecule has 1 saturated carbocycles. The Morgan fingerprint density at radius 3 is 2.40 bits per heavy atom. The van der Waals surface area contributed by atoms with Crippen molar-refractivity contribution in [3.63, 3.8) is 0 Å². The van der Waals surface area contributed by atoms with Gasteiger partial charge in [0.25, 0.3) is 0 Å². The number of carbonyl (C=O) groups is 2. The Hall–Kier alpha value is -0.380. The Bertz CT molecular complexity index is 237. The largest absolute Gasteiger partial charge is 0.346 e. The minimum Gasteiger partial charge on any atom is -0.346 e. The van der Waals surface area contributed by atoms with Gasteiger partial charge in [-0.15, -0.1) is 0 Å². The number of rotatable bonds is 4. The SMILES string of the molecule is CC(=O)NC(C(=O)CBr)C1CCCCC1. The third-order valence-electron chi connectivity index (χ3n) is 2.96. The average molecular weight is 276 g/mol. The maximum absolute atomic E-state index is 11.7. The van der Waals surface area contributed by atoms with E-state index in [1.54, 1.807) is 0 Å². The Morgan fingerprint density at radius 2 is 1.93 bits per heavy atom. The maximum atomic E-state index is 11.7. The van der Waals surface area contributed by atoms with E-state index < -0.39 is 0 Å². The standard InChI is InChI=1S/C11H18BrNO2/c1-8(14)13-11(10(15)7-12)9-5-3-2-4-6-9/h9,11H,2-7H2,1H3,(H,13,14). The summed E-state index contributed by atoms with van der Waals surface area (Å²) < 4.78 is 0. The fraction of sp³-hybridized carbons (Fsp3) is 0.818. The van der Waals surface area contributed by atoms with Crippen LogP contribution in [-0.4, -0.2) is 23.1 Å². The highest BCUT2D eigenvalue weighted by atomic mass is 79.9. The van der Waals surface area contributed by atoms with E-state index in [9.17, 15) is 9.59 Å². The van der Waals surface area contributed by atoms with Crippen molar-refractivity contribution in [2.75, 3.05) is 5.33 Å². The van der Waals surface area contributed by atoms with E-state index >= 15 is 0 Å². The van der Waals surface area contributed by atoms with E-state index in [-0.39, 0.29) is 17.7 Å². The number of nitrogens with one attached hydrogen (secondary N) is 1. The molecule has 1 rings (SSSR count). The lowest BCUT2D eigenvalue weighted by Crippen LogP contribution is -2.46. The lowest BCUT2D eigenvalue weighted by molar-refractivity contribution is -0.126. The van der Waals surface area contributed by atoms with Crippen LogP contribution in [-0.2, 0) is 9.59 Å². The number of Topliss-reactive ketones (excluding diaryl/α,β-unsaturated/α-hetero) is 1. The Labute approximate surface area is 99.1 Å². The average Bonchev–Trinajstić information content (AvgIpc) is 2.26. The van der Waals surface area contributed by atoms with Gasteiger partial charge >= 0.3 is 0 Å². The molecule has 0 bridgehead atoms. The van der Waals surface area contributed by atoms with Gasteiger partial charge in [-0.3, -0.25) is 9.59 Å². The molecular weight excluding hydrogens is 258 g/mol. The van der Waals surface area contributed by atoms with Crippen LogP contribution in [0.1, 0.15) is 39.0 Å². The number of carbonyl (C=O) groups excluding carboxylic acids is 2. The summed E-state index contributed by atoms with van der Waals surface area (Å²) in [5.41, 5.74) is 0. The predicted molar refractivity (Wildman–Crippen MR) is 63.0 cm³/mol. The van der Waals surface area contributed by atoms with Gasteiger partial charge in [0.05, 0.1) is 11.4 Å². The van der Waals surface area contributed by atoms with Crippen molar-refractivity contribution >= 4 is 27.6 Å². The summed E-state index contributed by atoms with van der Waals surface area (Å²) in [6.45, 7) is 1.47. The van der Waals surface area contributed by atoms with Crippen molar-refractivity contribution in [3.05, 3.63) is 0 Å². The Kier molecular flexibility index (Phi) is 5.29. The fourth-order valence-electron chi connectivity index (χ4n) is 2.23. The molecule has 1 aliphatic carbocycles. The van der Waals surface area contributed by atoms with E-state index in [0.29, 0.717) is 11.2 Å². The topological polar surface area (TPSA) is 46.2 Å². The van der Waals surface area contributed by atoms with Gasteiger partial charge in [-0.25, -0.2) is 0 Å². The van der Waals surface area contributed by atoms with Crippen molar-refractivity contribution < 1.29 is 9.59 Å². The van der Waals surface area contributed by atoms with Gasteiger partial charge in [0.1, 0.15) is 0 Å². The highest BCUT2D eigenvalue weighted by molar-refractivity contribution is 9.09. The van der Waals surface area contributed by atoms with E-state index in [1.165, 1.54) is 26.2 Å². The van der Waals surface area contributed by atoms with Crippen LogP contribution in [0.25, 0.3) is 0 Å². The number of hydrogen-bond donors (Lipinski definition) is 1. The van der Waals surface area contributed by atoms with Crippen LogP contribution in [0.3, 0.4) is 0 Å². The first-order valence-electron chi connectivity index (χ1n) is 5.51. The zero-order chi connectivity index (χ0) is 11.3. The van der Waals surface area contributed by atoms with E-state index in [2.05, 4.69) is 21.2 Å². The number of ketones is 1. The summed E-state index contributed by atoms with van der Waals surface area (Å²) in [5, 5.41) is 3.11. The van der Waals surface area contributed by atoms with E-state index in [1.807, 2.05) is 0 Å². The zero-order valence-electron chi connectivity index (χ0n) is 9.09. The highest BCUT2D eigenvalue weighted by Gasteiger charge is 2.29. The summed E-state index contributed by atoms with van der Waals surface area (Å²) in [7, 11) is 0. The summed E-state index contributed by atoms with van der Waals surface area (Å²) in [6, 6.07) is -0.276. The molecule has 0 heterocycles. The number of hydrogen-bond acceptors (Lipinski definition) is 2. The molecule has 1 N–H and O–H groups in total. The summed E-state index contributed by atoms with van der Waals surface area (Å²) in [6.07, 6.45) is 5.73.